The first-order valence-corrected chi connectivity index (χ1v) is 8.12. The van der Waals surface area contributed by atoms with Crippen LogP contribution in [0.15, 0.2) is 54.6 Å². The number of hydrogen-bond donors (Lipinski definition) is 1. The first-order chi connectivity index (χ1) is 11.6. The highest BCUT2D eigenvalue weighted by Crippen LogP contribution is 2.28. The van der Waals surface area contributed by atoms with Crippen LogP contribution in [0.1, 0.15) is 24.0 Å². The van der Waals surface area contributed by atoms with Crippen molar-refractivity contribution in [2.24, 2.45) is 0 Å². The number of phenolic OH excluding ortho intramolecular Hbond substituents is 1. The quantitative estimate of drug-likeness (QED) is 0.878. The molecule has 0 heterocycles. The molecule has 1 fully saturated rings. The molecule has 0 aromatic heterocycles. The maximum Gasteiger partial charge on any atom is 0.227 e. The minimum Gasteiger partial charge on any atom is -0.505 e. The summed E-state index contributed by atoms with van der Waals surface area (Å²) in [5.41, 5.74) is 1.68. The lowest BCUT2D eigenvalue weighted by atomic mass is 10.1. The lowest BCUT2D eigenvalue weighted by Crippen LogP contribution is -2.34. The fourth-order valence-corrected chi connectivity index (χ4v) is 2.64. The molecule has 0 aliphatic heterocycles. The van der Waals surface area contributed by atoms with Gasteiger partial charge in [0.05, 0.1) is 6.42 Å². The largest absolute Gasteiger partial charge is 0.505 e. The van der Waals surface area contributed by atoms with Crippen LogP contribution in [0.5, 0.6) is 5.75 Å². The average molecular weight is 325 g/mol. The SMILES string of the molecule is O=C(Cc1ccc(O)c(F)c1)N(C/C=C/c1ccccc1)C1CC1. The normalized spacial score (nSPS) is 14.0. The van der Waals surface area contributed by atoms with Crippen LogP contribution in [-0.2, 0) is 11.2 Å². The van der Waals surface area contributed by atoms with Crippen LogP contribution in [0.25, 0.3) is 6.08 Å². The molecule has 1 saturated carbocycles. The minimum atomic E-state index is -0.692. The first-order valence-electron chi connectivity index (χ1n) is 8.12. The molecule has 0 saturated heterocycles. The fourth-order valence-electron chi connectivity index (χ4n) is 2.64. The summed E-state index contributed by atoms with van der Waals surface area (Å²) < 4.78 is 13.4. The molecule has 0 radical (unpaired) electrons. The van der Waals surface area contributed by atoms with Gasteiger partial charge in [0.25, 0.3) is 0 Å². The zero-order valence-corrected chi connectivity index (χ0v) is 13.4. The van der Waals surface area contributed by atoms with Crippen LogP contribution in [0.3, 0.4) is 0 Å². The van der Waals surface area contributed by atoms with E-state index in [0.29, 0.717) is 18.2 Å². The molecule has 2 aromatic carbocycles. The molecule has 1 aliphatic carbocycles. The van der Waals surface area contributed by atoms with Gasteiger partial charge in [-0.25, -0.2) is 4.39 Å². The predicted octanol–water partition coefficient (Wildman–Crippen LogP) is 3.78. The van der Waals surface area contributed by atoms with Crippen LogP contribution in [0.4, 0.5) is 4.39 Å². The van der Waals surface area contributed by atoms with Gasteiger partial charge in [-0.15, -0.1) is 0 Å². The Labute approximate surface area is 141 Å². The zero-order chi connectivity index (χ0) is 16.9. The van der Waals surface area contributed by atoms with E-state index in [1.807, 2.05) is 47.4 Å². The van der Waals surface area contributed by atoms with Gasteiger partial charge in [-0.2, -0.15) is 0 Å². The molecule has 24 heavy (non-hydrogen) atoms. The van der Waals surface area contributed by atoms with E-state index in [9.17, 15) is 14.3 Å². The van der Waals surface area contributed by atoms with Crippen molar-refractivity contribution in [1.82, 2.24) is 4.90 Å². The predicted molar refractivity (Wildman–Crippen MR) is 92.0 cm³/mol. The molecule has 0 bridgehead atoms. The second kappa shape index (κ2) is 7.30. The Balaban J connectivity index is 1.63. The number of nitrogens with zero attached hydrogens (tertiary/aromatic N) is 1. The number of rotatable bonds is 6. The van der Waals surface area contributed by atoms with Gasteiger partial charge < -0.3 is 10.0 Å². The summed E-state index contributed by atoms with van der Waals surface area (Å²) in [7, 11) is 0. The summed E-state index contributed by atoms with van der Waals surface area (Å²) in [5.74, 6) is -1.10. The maximum atomic E-state index is 13.4. The Morgan fingerprint density at radius 2 is 1.96 bits per heavy atom. The minimum absolute atomic E-state index is 0.0136. The third-order valence-electron chi connectivity index (χ3n) is 4.09. The standard InChI is InChI=1S/C20H20FNO2/c21-18-13-16(8-11-19(18)23)14-20(24)22(17-9-10-17)12-4-7-15-5-2-1-3-6-15/h1-8,11,13,17,23H,9-10,12,14H2/b7-4+. The van der Waals surface area contributed by atoms with E-state index in [0.717, 1.165) is 18.4 Å². The molecular weight excluding hydrogens is 305 g/mol. The summed E-state index contributed by atoms with van der Waals surface area (Å²) in [6, 6.07) is 14.3. The highest BCUT2D eigenvalue weighted by atomic mass is 19.1. The van der Waals surface area contributed by atoms with Gasteiger partial charge >= 0.3 is 0 Å². The van der Waals surface area contributed by atoms with E-state index in [1.54, 1.807) is 6.07 Å². The molecule has 1 N–H and O–H groups in total. The molecule has 3 nitrogen and oxygen atoms in total. The highest BCUT2D eigenvalue weighted by Gasteiger charge is 2.31. The van der Waals surface area contributed by atoms with Crippen LogP contribution >= 0.6 is 0 Å². The number of amides is 1. The van der Waals surface area contributed by atoms with E-state index in [2.05, 4.69) is 0 Å². The van der Waals surface area contributed by atoms with Gasteiger partial charge in [0.15, 0.2) is 11.6 Å². The Morgan fingerprint density at radius 1 is 1.21 bits per heavy atom. The zero-order valence-electron chi connectivity index (χ0n) is 13.4. The average Bonchev–Trinajstić information content (AvgIpc) is 3.41. The van der Waals surface area contributed by atoms with E-state index in [-0.39, 0.29) is 12.3 Å². The Kier molecular flexibility index (Phi) is 4.94. The molecular formula is C20H20FNO2. The van der Waals surface area contributed by atoms with Crippen molar-refractivity contribution in [3.05, 3.63) is 71.6 Å². The number of carbonyl (C=O) groups is 1. The Bertz CT molecular complexity index is 739. The van der Waals surface area contributed by atoms with Crippen molar-refractivity contribution >= 4 is 12.0 Å². The van der Waals surface area contributed by atoms with Crippen molar-refractivity contribution in [3.63, 3.8) is 0 Å². The number of hydrogen-bond acceptors (Lipinski definition) is 2. The molecule has 1 aliphatic rings. The van der Waals surface area contributed by atoms with Gasteiger partial charge in [-0.1, -0.05) is 48.6 Å². The molecule has 0 spiro atoms. The summed E-state index contributed by atoms with van der Waals surface area (Å²) in [4.78, 5) is 14.4. The number of aromatic hydroxyl groups is 1. The van der Waals surface area contributed by atoms with Gasteiger partial charge in [0.1, 0.15) is 0 Å². The second-order valence-corrected chi connectivity index (χ2v) is 6.05. The van der Waals surface area contributed by atoms with Crippen LogP contribution in [0, 0.1) is 5.82 Å². The topological polar surface area (TPSA) is 40.5 Å². The molecule has 4 heteroatoms. The molecule has 0 atom stereocenters. The molecule has 2 aromatic rings. The number of benzene rings is 2. The molecule has 1 amide bonds. The molecule has 3 rings (SSSR count). The van der Waals surface area contributed by atoms with Crippen LogP contribution in [-0.4, -0.2) is 28.5 Å². The van der Waals surface area contributed by atoms with E-state index >= 15 is 0 Å². The third-order valence-corrected chi connectivity index (χ3v) is 4.09. The van der Waals surface area contributed by atoms with Crippen LogP contribution in [0.2, 0.25) is 0 Å². The second-order valence-electron chi connectivity index (χ2n) is 6.05. The van der Waals surface area contributed by atoms with E-state index in [4.69, 9.17) is 0 Å². The van der Waals surface area contributed by atoms with Crippen molar-refractivity contribution in [1.29, 1.82) is 0 Å². The first kappa shape index (κ1) is 16.2. The summed E-state index contributed by atoms with van der Waals surface area (Å²) in [6.45, 7) is 0.555. The molecule has 0 unspecified atom stereocenters. The fraction of sp³-hybridized carbons (Fsp3) is 0.250. The van der Waals surface area contributed by atoms with Gasteiger partial charge in [-0.05, 0) is 36.1 Å². The summed E-state index contributed by atoms with van der Waals surface area (Å²) >= 11 is 0. The van der Waals surface area contributed by atoms with E-state index in [1.165, 1.54) is 12.1 Å². The highest BCUT2D eigenvalue weighted by molar-refractivity contribution is 5.79. The third kappa shape index (κ3) is 4.22. The summed E-state index contributed by atoms with van der Waals surface area (Å²) in [6.07, 6.45) is 6.18. The molecule has 124 valence electrons. The summed E-state index contributed by atoms with van der Waals surface area (Å²) in [5, 5.41) is 9.23. The van der Waals surface area contributed by atoms with Gasteiger partial charge in [-0.3, -0.25) is 4.79 Å². The monoisotopic (exact) mass is 325 g/mol. The van der Waals surface area contributed by atoms with E-state index < -0.39 is 11.6 Å². The Morgan fingerprint density at radius 3 is 2.62 bits per heavy atom. The number of phenols is 1. The van der Waals surface area contributed by atoms with Crippen molar-refractivity contribution < 1.29 is 14.3 Å². The van der Waals surface area contributed by atoms with Gasteiger partial charge in [0, 0.05) is 12.6 Å². The lowest BCUT2D eigenvalue weighted by molar-refractivity contribution is -0.130. The maximum absolute atomic E-state index is 13.4. The van der Waals surface area contributed by atoms with Crippen molar-refractivity contribution in [2.45, 2.75) is 25.3 Å². The smallest absolute Gasteiger partial charge is 0.227 e. The lowest BCUT2D eigenvalue weighted by Gasteiger charge is -2.21. The van der Waals surface area contributed by atoms with Crippen molar-refractivity contribution in [3.8, 4) is 5.75 Å². The Hall–Kier alpha value is -2.62. The van der Waals surface area contributed by atoms with Crippen LogP contribution < -0.4 is 0 Å². The van der Waals surface area contributed by atoms with Crippen molar-refractivity contribution in [2.75, 3.05) is 6.54 Å². The number of carbonyl (C=O) groups excluding carboxylic acids is 1. The number of halogens is 1. The van der Waals surface area contributed by atoms with Gasteiger partial charge in [0.2, 0.25) is 5.91 Å².